The van der Waals surface area contributed by atoms with Gasteiger partial charge < -0.3 is 15.4 Å². The zero-order chi connectivity index (χ0) is 20.1. The van der Waals surface area contributed by atoms with Crippen LogP contribution >= 0.6 is 0 Å². The summed E-state index contributed by atoms with van der Waals surface area (Å²) >= 11 is 0. The number of hydrogen-bond acceptors (Lipinski definition) is 4. The number of ether oxygens (including phenoxy) is 1. The van der Waals surface area contributed by atoms with Gasteiger partial charge in [-0.2, -0.15) is 0 Å². The monoisotopic (exact) mass is 380 g/mol. The second kappa shape index (κ2) is 8.69. The van der Waals surface area contributed by atoms with E-state index in [1.54, 1.807) is 31.2 Å². The van der Waals surface area contributed by atoms with Gasteiger partial charge >= 0.3 is 5.97 Å². The summed E-state index contributed by atoms with van der Waals surface area (Å²) in [6.45, 7) is 4.09. The fraction of sp³-hybridized carbons (Fsp3) is 0.318. The second-order valence-electron chi connectivity index (χ2n) is 6.74. The SMILES string of the molecule is CCOC(=O)c1ccc(NC(=O)C2CC2C(=O)Nc2ccccc2CC)cc1. The van der Waals surface area contributed by atoms with Crippen molar-refractivity contribution in [3.05, 3.63) is 59.7 Å². The van der Waals surface area contributed by atoms with E-state index in [4.69, 9.17) is 4.74 Å². The number of carbonyl (C=O) groups is 3. The Kier molecular flexibility index (Phi) is 6.09. The third kappa shape index (κ3) is 4.57. The topological polar surface area (TPSA) is 84.5 Å². The molecule has 2 aromatic rings. The van der Waals surface area contributed by atoms with Gasteiger partial charge in [0.25, 0.3) is 0 Å². The van der Waals surface area contributed by atoms with Crippen LogP contribution in [0.1, 0.15) is 36.2 Å². The molecule has 2 N–H and O–H groups in total. The van der Waals surface area contributed by atoms with Crippen molar-refractivity contribution in [1.82, 2.24) is 0 Å². The van der Waals surface area contributed by atoms with Crippen molar-refractivity contribution in [2.24, 2.45) is 11.8 Å². The van der Waals surface area contributed by atoms with E-state index < -0.39 is 5.97 Å². The van der Waals surface area contributed by atoms with Gasteiger partial charge in [0, 0.05) is 11.4 Å². The number of benzene rings is 2. The molecule has 146 valence electrons. The maximum atomic E-state index is 12.4. The molecule has 0 saturated heterocycles. The largest absolute Gasteiger partial charge is 0.462 e. The van der Waals surface area contributed by atoms with E-state index in [2.05, 4.69) is 10.6 Å². The molecule has 0 heterocycles. The molecule has 6 heteroatoms. The van der Waals surface area contributed by atoms with Gasteiger partial charge in [0.05, 0.1) is 24.0 Å². The van der Waals surface area contributed by atoms with Crippen molar-refractivity contribution >= 4 is 29.2 Å². The zero-order valence-electron chi connectivity index (χ0n) is 16.0. The Morgan fingerprint density at radius 3 is 2.21 bits per heavy atom. The van der Waals surface area contributed by atoms with E-state index in [9.17, 15) is 14.4 Å². The van der Waals surface area contributed by atoms with Crippen molar-refractivity contribution in [3.63, 3.8) is 0 Å². The number of para-hydroxylation sites is 1. The fourth-order valence-electron chi connectivity index (χ4n) is 3.09. The van der Waals surface area contributed by atoms with Crippen LogP contribution in [0.5, 0.6) is 0 Å². The Bertz CT molecular complexity index is 876. The van der Waals surface area contributed by atoms with Crippen molar-refractivity contribution in [2.45, 2.75) is 26.7 Å². The summed E-state index contributed by atoms with van der Waals surface area (Å²) in [5, 5.41) is 5.74. The van der Waals surface area contributed by atoms with Crippen LogP contribution in [0, 0.1) is 11.8 Å². The van der Waals surface area contributed by atoms with E-state index in [0.29, 0.717) is 24.3 Å². The predicted octanol–water partition coefficient (Wildman–Crippen LogP) is 3.64. The molecule has 1 aliphatic carbocycles. The Morgan fingerprint density at radius 2 is 1.57 bits per heavy atom. The van der Waals surface area contributed by atoms with Gasteiger partial charge in [-0.15, -0.1) is 0 Å². The normalized spacial score (nSPS) is 17.5. The van der Waals surface area contributed by atoms with Crippen molar-refractivity contribution in [1.29, 1.82) is 0 Å². The fourth-order valence-corrected chi connectivity index (χ4v) is 3.09. The Labute approximate surface area is 164 Å². The lowest BCUT2D eigenvalue weighted by Crippen LogP contribution is -2.21. The van der Waals surface area contributed by atoms with Crippen LogP contribution in [0.25, 0.3) is 0 Å². The number of nitrogens with one attached hydrogen (secondary N) is 2. The number of carbonyl (C=O) groups excluding carboxylic acids is 3. The smallest absolute Gasteiger partial charge is 0.338 e. The van der Waals surface area contributed by atoms with E-state index in [-0.39, 0.29) is 23.7 Å². The van der Waals surface area contributed by atoms with Crippen LogP contribution in [0.3, 0.4) is 0 Å². The van der Waals surface area contributed by atoms with Crippen LogP contribution in [0.4, 0.5) is 11.4 Å². The Morgan fingerprint density at radius 1 is 0.929 bits per heavy atom. The summed E-state index contributed by atoms with van der Waals surface area (Å²) in [7, 11) is 0. The van der Waals surface area contributed by atoms with Gasteiger partial charge in [0.15, 0.2) is 0 Å². The molecular formula is C22H24N2O4. The number of amides is 2. The van der Waals surface area contributed by atoms with E-state index in [1.165, 1.54) is 0 Å². The highest BCUT2D eigenvalue weighted by molar-refractivity contribution is 6.03. The third-order valence-electron chi connectivity index (χ3n) is 4.78. The van der Waals surface area contributed by atoms with Crippen LogP contribution in [0.2, 0.25) is 0 Å². The quantitative estimate of drug-likeness (QED) is 0.718. The van der Waals surface area contributed by atoms with Crippen LogP contribution in [-0.2, 0) is 20.7 Å². The van der Waals surface area contributed by atoms with Crippen molar-refractivity contribution in [3.8, 4) is 0 Å². The van der Waals surface area contributed by atoms with Gasteiger partial charge in [0.1, 0.15) is 0 Å². The minimum absolute atomic E-state index is 0.126. The minimum Gasteiger partial charge on any atom is -0.462 e. The second-order valence-corrected chi connectivity index (χ2v) is 6.74. The summed E-state index contributed by atoms with van der Waals surface area (Å²) < 4.78 is 4.93. The highest BCUT2D eigenvalue weighted by atomic mass is 16.5. The van der Waals surface area contributed by atoms with Gasteiger partial charge in [0.2, 0.25) is 11.8 Å². The first-order valence-corrected chi connectivity index (χ1v) is 9.50. The molecule has 1 saturated carbocycles. The van der Waals surface area contributed by atoms with E-state index >= 15 is 0 Å². The summed E-state index contributed by atoms with van der Waals surface area (Å²) in [5.74, 6) is -1.36. The number of rotatable bonds is 7. The van der Waals surface area contributed by atoms with Crippen molar-refractivity contribution in [2.75, 3.05) is 17.2 Å². The highest BCUT2D eigenvalue weighted by Gasteiger charge is 2.48. The van der Waals surface area contributed by atoms with Crippen LogP contribution in [-0.4, -0.2) is 24.4 Å². The molecule has 2 unspecified atom stereocenters. The number of esters is 1. The molecule has 2 aromatic carbocycles. The average Bonchev–Trinajstić information content (AvgIpc) is 3.50. The molecule has 2 amide bonds. The molecule has 28 heavy (non-hydrogen) atoms. The lowest BCUT2D eigenvalue weighted by molar-refractivity contribution is -0.122. The molecule has 0 bridgehead atoms. The first kappa shape index (κ1) is 19.6. The van der Waals surface area contributed by atoms with Crippen molar-refractivity contribution < 1.29 is 19.1 Å². The van der Waals surface area contributed by atoms with E-state index in [0.717, 1.165) is 17.7 Å². The molecule has 0 aromatic heterocycles. The summed E-state index contributed by atoms with van der Waals surface area (Å²) in [6.07, 6.45) is 1.36. The van der Waals surface area contributed by atoms with Crippen LogP contribution in [0.15, 0.2) is 48.5 Å². The zero-order valence-corrected chi connectivity index (χ0v) is 16.0. The molecule has 0 spiro atoms. The molecule has 1 aliphatic rings. The first-order chi connectivity index (χ1) is 13.5. The Hall–Kier alpha value is -3.15. The highest BCUT2D eigenvalue weighted by Crippen LogP contribution is 2.40. The molecule has 0 aliphatic heterocycles. The average molecular weight is 380 g/mol. The first-order valence-electron chi connectivity index (χ1n) is 9.50. The predicted molar refractivity (Wildman–Crippen MR) is 107 cm³/mol. The molecule has 1 fully saturated rings. The van der Waals surface area contributed by atoms with Gasteiger partial charge in [-0.3, -0.25) is 9.59 Å². The minimum atomic E-state index is -0.397. The van der Waals surface area contributed by atoms with Crippen LogP contribution < -0.4 is 10.6 Å². The molecule has 3 rings (SSSR count). The number of hydrogen-bond donors (Lipinski definition) is 2. The standard InChI is InChI=1S/C22H24N2O4/c1-3-14-7-5-6-8-19(14)24-21(26)18-13-17(18)20(25)23-16-11-9-15(10-12-16)22(27)28-4-2/h5-12,17-18H,3-4,13H2,1-2H3,(H,23,25)(H,24,26). The van der Waals surface area contributed by atoms with Gasteiger partial charge in [-0.05, 0) is 55.7 Å². The summed E-state index contributed by atoms with van der Waals surface area (Å²) in [5.41, 5.74) is 2.88. The summed E-state index contributed by atoms with van der Waals surface area (Å²) in [4.78, 5) is 36.5. The lowest BCUT2D eigenvalue weighted by Gasteiger charge is -2.10. The molecule has 2 atom stereocenters. The molecule has 6 nitrogen and oxygen atoms in total. The molecular weight excluding hydrogens is 356 g/mol. The number of anilines is 2. The maximum Gasteiger partial charge on any atom is 0.338 e. The lowest BCUT2D eigenvalue weighted by atomic mass is 10.1. The molecule has 0 radical (unpaired) electrons. The number of aryl methyl sites for hydroxylation is 1. The maximum absolute atomic E-state index is 12.4. The van der Waals surface area contributed by atoms with E-state index in [1.807, 2.05) is 31.2 Å². The van der Waals surface area contributed by atoms with Gasteiger partial charge in [-0.1, -0.05) is 25.1 Å². The third-order valence-corrected chi connectivity index (χ3v) is 4.78. The summed E-state index contributed by atoms with van der Waals surface area (Å²) in [6, 6.07) is 14.2. The Balaban J connectivity index is 1.54. The van der Waals surface area contributed by atoms with Gasteiger partial charge in [-0.25, -0.2) is 4.79 Å².